The molecule has 1 rings (SSSR count). The first-order valence-corrected chi connectivity index (χ1v) is 5.99. The Kier molecular flexibility index (Phi) is 4.46. The predicted molar refractivity (Wildman–Crippen MR) is 72.0 cm³/mol. The normalized spacial score (nSPS) is 13.5. The van der Waals surface area contributed by atoms with Crippen LogP contribution in [-0.4, -0.2) is 12.5 Å². The van der Waals surface area contributed by atoms with Crippen molar-refractivity contribution >= 4 is 11.6 Å². The van der Waals surface area contributed by atoms with Gasteiger partial charge in [-0.05, 0) is 38.0 Å². The maximum Gasteiger partial charge on any atom is 0.231 e. The van der Waals surface area contributed by atoms with Crippen LogP contribution in [0.1, 0.15) is 31.4 Å². The quantitative estimate of drug-likeness (QED) is 0.853. The van der Waals surface area contributed by atoms with Crippen molar-refractivity contribution in [1.82, 2.24) is 0 Å². The number of hydrogen-bond acceptors (Lipinski definition) is 3. The number of rotatable bonds is 4. The molecular formula is C14H19N3O. The Labute approximate surface area is 108 Å². The Hall–Kier alpha value is -1.86. The van der Waals surface area contributed by atoms with Crippen molar-refractivity contribution in [3.8, 4) is 6.07 Å². The number of aryl methyl sites for hydroxylation is 1. The standard InChI is InChI=1S/C14H19N3O/c1-4-14(3,9-16)13(18)17-12-7-11(8-15)6-5-10(12)2/h5-7H,4,9,16H2,1-3H3,(H,17,18). The van der Waals surface area contributed by atoms with Gasteiger partial charge in [0.25, 0.3) is 0 Å². The van der Waals surface area contributed by atoms with E-state index in [-0.39, 0.29) is 5.91 Å². The Morgan fingerprint density at radius 1 is 1.56 bits per heavy atom. The van der Waals surface area contributed by atoms with E-state index in [0.717, 1.165) is 5.56 Å². The SMILES string of the molecule is CCC(C)(CN)C(=O)Nc1cc(C#N)ccc1C. The second-order valence-electron chi connectivity index (χ2n) is 4.71. The van der Waals surface area contributed by atoms with Gasteiger partial charge in [0.15, 0.2) is 0 Å². The van der Waals surface area contributed by atoms with Crippen LogP contribution in [0.5, 0.6) is 0 Å². The molecule has 0 aliphatic rings. The third-order valence-electron chi connectivity index (χ3n) is 3.39. The molecule has 0 bridgehead atoms. The largest absolute Gasteiger partial charge is 0.329 e. The lowest BCUT2D eigenvalue weighted by molar-refractivity contribution is -0.124. The van der Waals surface area contributed by atoms with E-state index in [9.17, 15) is 4.79 Å². The Morgan fingerprint density at radius 3 is 2.72 bits per heavy atom. The molecule has 0 heterocycles. The predicted octanol–water partition coefficient (Wildman–Crippen LogP) is 2.18. The number of nitrogens with one attached hydrogen (secondary N) is 1. The van der Waals surface area contributed by atoms with E-state index in [1.54, 1.807) is 12.1 Å². The first-order chi connectivity index (χ1) is 8.46. The van der Waals surface area contributed by atoms with Gasteiger partial charge in [-0.3, -0.25) is 4.79 Å². The fourth-order valence-electron chi connectivity index (χ4n) is 1.50. The van der Waals surface area contributed by atoms with Crippen LogP contribution in [0.3, 0.4) is 0 Å². The maximum atomic E-state index is 12.2. The van der Waals surface area contributed by atoms with Crippen molar-refractivity contribution in [3.63, 3.8) is 0 Å². The van der Waals surface area contributed by atoms with Gasteiger partial charge in [-0.2, -0.15) is 5.26 Å². The number of benzene rings is 1. The van der Waals surface area contributed by atoms with E-state index in [4.69, 9.17) is 11.0 Å². The molecule has 18 heavy (non-hydrogen) atoms. The van der Waals surface area contributed by atoms with Crippen LogP contribution in [-0.2, 0) is 4.79 Å². The minimum Gasteiger partial charge on any atom is -0.329 e. The van der Waals surface area contributed by atoms with E-state index in [2.05, 4.69) is 11.4 Å². The van der Waals surface area contributed by atoms with E-state index in [1.807, 2.05) is 26.8 Å². The first kappa shape index (κ1) is 14.2. The van der Waals surface area contributed by atoms with Gasteiger partial charge < -0.3 is 11.1 Å². The summed E-state index contributed by atoms with van der Waals surface area (Å²) in [5.74, 6) is -0.106. The number of nitrogens with zero attached hydrogens (tertiary/aromatic N) is 1. The molecule has 1 atom stereocenters. The molecule has 1 amide bonds. The van der Waals surface area contributed by atoms with Crippen LogP contribution >= 0.6 is 0 Å². The lowest BCUT2D eigenvalue weighted by Crippen LogP contribution is -2.39. The first-order valence-electron chi connectivity index (χ1n) is 5.99. The molecule has 1 unspecified atom stereocenters. The van der Waals surface area contributed by atoms with Crippen molar-refractivity contribution in [2.45, 2.75) is 27.2 Å². The molecule has 0 aliphatic carbocycles. The maximum absolute atomic E-state index is 12.2. The fourth-order valence-corrected chi connectivity index (χ4v) is 1.50. The second-order valence-corrected chi connectivity index (χ2v) is 4.71. The van der Waals surface area contributed by atoms with E-state index in [0.29, 0.717) is 24.2 Å². The zero-order valence-electron chi connectivity index (χ0n) is 11.1. The van der Waals surface area contributed by atoms with Crippen molar-refractivity contribution in [1.29, 1.82) is 5.26 Å². The van der Waals surface area contributed by atoms with E-state index < -0.39 is 5.41 Å². The van der Waals surface area contributed by atoms with Crippen LogP contribution in [0.25, 0.3) is 0 Å². The Balaban J connectivity index is 2.98. The number of amides is 1. The molecule has 1 aromatic carbocycles. The molecule has 96 valence electrons. The summed E-state index contributed by atoms with van der Waals surface area (Å²) in [7, 11) is 0. The zero-order valence-corrected chi connectivity index (χ0v) is 11.1. The summed E-state index contributed by atoms with van der Waals surface area (Å²) in [5.41, 5.74) is 7.21. The molecule has 0 aliphatic heterocycles. The van der Waals surface area contributed by atoms with Crippen molar-refractivity contribution in [2.75, 3.05) is 11.9 Å². The zero-order chi connectivity index (χ0) is 13.8. The highest BCUT2D eigenvalue weighted by Gasteiger charge is 2.29. The highest BCUT2D eigenvalue weighted by molar-refractivity contribution is 5.96. The highest BCUT2D eigenvalue weighted by Crippen LogP contribution is 2.24. The van der Waals surface area contributed by atoms with Gasteiger partial charge in [-0.25, -0.2) is 0 Å². The lowest BCUT2D eigenvalue weighted by atomic mass is 9.86. The van der Waals surface area contributed by atoms with Crippen LogP contribution in [0.2, 0.25) is 0 Å². The smallest absolute Gasteiger partial charge is 0.231 e. The van der Waals surface area contributed by atoms with Crippen LogP contribution < -0.4 is 11.1 Å². The minimum atomic E-state index is -0.574. The van der Waals surface area contributed by atoms with Crippen molar-refractivity contribution in [2.24, 2.45) is 11.1 Å². The molecule has 0 spiro atoms. The average Bonchev–Trinajstić information content (AvgIpc) is 2.40. The van der Waals surface area contributed by atoms with Gasteiger partial charge >= 0.3 is 0 Å². The fraction of sp³-hybridized carbons (Fsp3) is 0.429. The molecule has 3 N–H and O–H groups in total. The van der Waals surface area contributed by atoms with Gasteiger partial charge in [0.05, 0.1) is 17.0 Å². The summed E-state index contributed by atoms with van der Waals surface area (Å²) in [5, 5.41) is 11.7. The molecular weight excluding hydrogens is 226 g/mol. The van der Waals surface area contributed by atoms with Gasteiger partial charge in [0, 0.05) is 12.2 Å². The van der Waals surface area contributed by atoms with Crippen molar-refractivity contribution in [3.05, 3.63) is 29.3 Å². The Morgan fingerprint density at radius 2 is 2.22 bits per heavy atom. The molecule has 0 fully saturated rings. The number of carbonyl (C=O) groups is 1. The topological polar surface area (TPSA) is 78.9 Å². The number of carbonyl (C=O) groups excluding carboxylic acids is 1. The summed E-state index contributed by atoms with van der Waals surface area (Å²) in [6.07, 6.45) is 0.673. The second kappa shape index (κ2) is 5.65. The van der Waals surface area contributed by atoms with Crippen molar-refractivity contribution < 1.29 is 4.79 Å². The summed E-state index contributed by atoms with van der Waals surface area (Å²) in [6, 6.07) is 7.29. The number of nitrogens with two attached hydrogens (primary N) is 1. The molecule has 0 saturated carbocycles. The van der Waals surface area contributed by atoms with Gasteiger partial charge in [-0.15, -0.1) is 0 Å². The van der Waals surface area contributed by atoms with E-state index >= 15 is 0 Å². The molecule has 4 heteroatoms. The van der Waals surface area contributed by atoms with Gasteiger partial charge in [0.2, 0.25) is 5.91 Å². The van der Waals surface area contributed by atoms with Gasteiger partial charge in [0.1, 0.15) is 0 Å². The molecule has 0 saturated heterocycles. The van der Waals surface area contributed by atoms with Gasteiger partial charge in [-0.1, -0.05) is 13.0 Å². The molecule has 0 radical (unpaired) electrons. The highest BCUT2D eigenvalue weighted by atomic mass is 16.2. The lowest BCUT2D eigenvalue weighted by Gasteiger charge is -2.25. The monoisotopic (exact) mass is 245 g/mol. The summed E-state index contributed by atoms with van der Waals surface area (Å²) in [4.78, 5) is 12.2. The average molecular weight is 245 g/mol. The van der Waals surface area contributed by atoms with Crippen LogP contribution in [0.4, 0.5) is 5.69 Å². The number of anilines is 1. The summed E-state index contributed by atoms with van der Waals surface area (Å²) >= 11 is 0. The number of nitriles is 1. The van der Waals surface area contributed by atoms with E-state index in [1.165, 1.54) is 0 Å². The third-order valence-corrected chi connectivity index (χ3v) is 3.39. The Bertz CT molecular complexity index is 484. The van der Waals surface area contributed by atoms with Crippen LogP contribution in [0.15, 0.2) is 18.2 Å². The molecule has 1 aromatic rings. The summed E-state index contributed by atoms with van der Waals surface area (Å²) < 4.78 is 0. The van der Waals surface area contributed by atoms with Crippen LogP contribution in [0, 0.1) is 23.7 Å². The molecule has 4 nitrogen and oxygen atoms in total. The summed E-state index contributed by atoms with van der Waals surface area (Å²) in [6.45, 7) is 5.96. The minimum absolute atomic E-state index is 0.106. The molecule has 0 aromatic heterocycles. The number of hydrogen-bond donors (Lipinski definition) is 2. The third kappa shape index (κ3) is 2.88.